The van der Waals surface area contributed by atoms with Gasteiger partial charge in [0, 0.05) is 15.7 Å². The summed E-state index contributed by atoms with van der Waals surface area (Å²) in [6, 6.07) is 14.2. The summed E-state index contributed by atoms with van der Waals surface area (Å²) < 4.78 is 26.3. The van der Waals surface area contributed by atoms with Crippen molar-refractivity contribution in [2.75, 3.05) is 0 Å². The predicted octanol–water partition coefficient (Wildman–Crippen LogP) is 5.39. The van der Waals surface area contributed by atoms with Crippen molar-refractivity contribution < 1.29 is 8.68 Å². The van der Waals surface area contributed by atoms with Gasteiger partial charge in [-0.25, -0.2) is 4.57 Å². The van der Waals surface area contributed by atoms with Crippen LogP contribution in [0.15, 0.2) is 48.7 Å². The second-order valence-corrected chi connectivity index (χ2v) is 6.63. The highest BCUT2D eigenvalue weighted by molar-refractivity contribution is 5.82. The third-order valence-electron chi connectivity index (χ3n) is 4.73. The lowest BCUT2D eigenvalue weighted by molar-refractivity contribution is -0.660. The summed E-state index contributed by atoms with van der Waals surface area (Å²) in [5.74, 6) is 0. The van der Waals surface area contributed by atoms with Crippen molar-refractivity contribution in [3.8, 4) is 22.4 Å². The predicted molar refractivity (Wildman–Crippen MR) is 102 cm³/mol. The number of rotatable bonds is 2. The third-order valence-corrected chi connectivity index (χ3v) is 4.73. The first-order valence-electron chi connectivity index (χ1n) is 9.78. The quantitative estimate of drug-likeness (QED) is 0.558. The van der Waals surface area contributed by atoms with Crippen LogP contribution in [0.2, 0.25) is 0 Å². The highest BCUT2D eigenvalue weighted by Gasteiger charge is 2.20. The molecule has 1 nitrogen and oxygen atoms in total. The van der Waals surface area contributed by atoms with E-state index in [0.29, 0.717) is 5.56 Å². The maximum absolute atomic E-state index is 8.11. The van der Waals surface area contributed by atoms with Crippen LogP contribution in [0.25, 0.3) is 22.4 Å². The van der Waals surface area contributed by atoms with Gasteiger partial charge in [-0.1, -0.05) is 30.3 Å². The summed E-state index contributed by atoms with van der Waals surface area (Å²) in [6.45, 7) is 6.00. The van der Waals surface area contributed by atoms with Gasteiger partial charge in [0.05, 0.1) is 5.56 Å². The average molecular weight is 319 g/mol. The first-order chi connectivity index (χ1) is 12.6. The topological polar surface area (TPSA) is 3.88 Å². The van der Waals surface area contributed by atoms with Crippen LogP contribution < -0.4 is 4.57 Å². The number of nitrogens with zero attached hydrogens (tertiary/aromatic N) is 1. The van der Waals surface area contributed by atoms with E-state index in [1.807, 2.05) is 68.9 Å². The van der Waals surface area contributed by atoms with Crippen molar-refractivity contribution >= 4 is 0 Å². The lowest BCUT2D eigenvalue weighted by Gasteiger charge is -2.18. The van der Waals surface area contributed by atoms with Gasteiger partial charge in [0.25, 0.3) is 0 Å². The van der Waals surface area contributed by atoms with Gasteiger partial charge in [-0.3, -0.25) is 0 Å². The lowest BCUT2D eigenvalue weighted by Crippen LogP contribution is -2.31. The highest BCUT2D eigenvalue weighted by Crippen LogP contribution is 2.37. The average Bonchev–Trinajstić information content (AvgIpc) is 2.56. The molecule has 0 saturated heterocycles. The van der Waals surface area contributed by atoms with Gasteiger partial charge in [0.2, 0.25) is 5.69 Å². The van der Waals surface area contributed by atoms with Crippen LogP contribution in [-0.2, 0) is 7.05 Å². The van der Waals surface area contributed by atoms with Crippen molar-refractivity contribution in [1.82, 2.24) is 0 Å². The summed E-state index contributed by atoms with van der Waals surface area (Å²) in [5, 5.41) is 0. The molecule has 2 aromatic carbocycles. The molecule has 0 radical (unpaired) electrons. The van der Waals surface area contributed by atoms with Crippen LogP contribution in [0.4, 0.5) is 0 Å². The van der Waals surface area contributed by atoms with Gasteiger partial charge >= 0.3 is 0 Å². The summed E-state index contributed by atoms with van der Waals surface area (Å²) in [4.78, 5) is 0. The van der Waals surface area contributed by atoms with Crippen LogP contribution >= 0.6 is 0 Å². The number of aryl methyl sites for hydroxylation is 5. The minimum absolute atomic E-state index is 0.411. The Morgan fingerprint density at radius 1 is 0.833 bits per heavy atom. The van der Waals surface area contributed by atoms with E-state index >= 15 is 0 Å². The number of benzene rings is 2. The van der Waals surface area contributed by atoms with Gasteiger partial charge in [-0.2, -0.15) is 0 Å². The Labute approximate surface area is 149 Å². The van der Waals surface area contributed by atoms with Crippen molar-refractivity contribution in [2.45, 2.75) is 34.5 Å². The Kier molecular flexibility index (Phi) is 3.37. The minimum Gasteiger partial charge on any atom is -0.201 e. The Morgan fingerprint density at radius 2 is 1.58 bits per heavy atom. The van der Waals surface area contributed by atoms with Gasteiger partial charge in [-0.05, 0) is 74.0 Å². The van der Waals surface area contributed by atoms with Crippen LogP contribution in [-0.4, -0.2) is 0 Å². The van der Waals surface area contributed by atoms with Crippen molar-refractivity contribution in [3.05, 3.63) is 76.5 Å². The highest BCUT2D eigenvalue weighted by atomic mass is 14.9. The van der Waals surface area contributed by atoms with Crippen LogP contribution in [0.3, 0.4) is 0 Å². The van der Waals surface area contributed by atoms with Gasteiger partial charge < -0.3 is 0 Å². The summed E-state index contributed by atoms with van der Waals surface area (Å²) in [5.41, 5.74) is 8.73. The monoisotopic (exact) mass is 319 g/mol. The number of hydrogen-bond acceptors (Lipinski definition) is 0. The van der Waals surface area contributed by atoms with E-state index in [2.05, 4.69) is 19.1 Å². The molecule has 0 atom stereocenters. The SMILES string of the molecule is [2H]C([2H])([2H])c1cc(C)c(-c2ccccc2C)c(C)c1-c1ccc(C)c[n+]1C. The number of hydrogen-bond donors (Lipinski definition) is 0. The third kappa shape index (κ3) is 2.75. The van der Waals surface area contributed by atoms with E-state index in [4.69, 9.17) is 4.11 Å². The van der Waals surface area contributed by atoms with Crippen LogP contribution in [0.5, 0.6) is 0 Å². The normalized spacial score (nSPS) is 13.3. The molecule has 0 spiro atoms. The Bertz CT molecular complexity index is 1020. The molecule has 1 aromatic heterocycles. The van der Waals surface area contributed by atoms with Crippen molar-refractivity contribution in [1.29, 1.82) is 0 Å². The molecule has 0 unspecified atom stereocenters. The van der Waals surface area contributed by atoms with E-state index in [1.54, 1.807) is 0 Å². The van der Waals surface area contributed by atoms with Gasteiger partial charge in [0.15, 0.2) is 6.20 Å². The zero-order chi connectivity index (χ0) is 19.9. The molecule has 0 bridgehead atoms. The number of aromatic nitrogens is 1. The molecular formula is C23H26N+. The van der Waals surface area contributed by atoms with E-state index in [0.717, 1.165) is 39.1 Å². The minimum atomic E-state index is -2.17. The standard InChI is InChI=1S/C23H26N/c1-15-11-12-21(24(6)14-15)23-18(4)13-17(3)22(19(23)5)20-10-8-7-9-16(20)2/h7-14H,1-6H3/q+1/i4D3. The van der Waals surface area contributed by atoms with Crippen LogP contribution in [0.1, 0.15) is 31.9 Å². The Balaban J connectivity index is 2.43. The molecule has 0 N–H and O–H groups in total. The molecule has 0 aliphatic carbocycles. The first kappa shape index (κ1) is 12.9. The molecule has 122 valence electrons. The van der Waals surface area contributed by atoms with E-state index in [1.165, 1.54) is 5.56 Å². The van der Waals surface area contributed by atoms with Crippen molar-refractivity contribution in [2.24, 2.45) is 7.05 Å². The fraction of sp³-hybridized carbons (Fsp3) is 0.261. The first-order valence-corrected chi connectivity index (χ1v) is 8.28. The molecule has 0 saturated carbocycles. The summed E-state index contributed by atoms with van der Waals surface area (Å²) in [7, 11) is 1.97. The molecule has 0 aliphatic rings. The van der Waals surface area contributed by atoms with E-state index in [9.17, 15) is 0 Å². The van der Waals surface area contributed by atoms with Crippen LogP contribution in [0, 0.1) is 34.5 Å². The maximum atomic E-state index is 8.11. The molecule has 0 amide bonds. The molecule has 24 heavy (non-hydrogen) atoms. The number of pyridine rings is 1. The molecule has 0 aliphatic heterocycles. The molecule has 1 heteroatoms. The van der Waals surface area contributed by atoms with E-state index < -0.39 is 6.85 Å². The smallest absolute Gasteiger partial charge is 0.201 e. The second-order valence-electron chi connectivity index (χ2n) is 6.63. The zero-order valence-electron chi connectivity index (χ0n) is 18.1. The van der Waals surface area contributed by atoms with E-state index in [-0.39, 0.29) is 0 Å². The zero-order valence-corrected chi connectivity index (χ0v) is 15.1. The fourth-order valence-electron chi connectivity index (χ4n) is 3.59. The van der Waals surface area contributed by atoms with Gasteiger partial charge in [0.1, 0.15) is 7.05 Å². The van der Waals surface area contributed by atoms with Crippen molar-refractivity contribution in [3.63, 3.8) is 0 Å². The largest absolute Gasteiger partial charge is 0.212 e. The Morgan fingerprint density at radius 3 is 2.25 bits per heavy atom. The summed E-state index contributed by atoms with van der Waals surface area (Å²) >= 11 is 0. The molecule has 3 rings (SSSR count). The van der Waals surface area contributed by atoms with Gasteiger partial charge in [-0.15, -0.1) is 0 Å². The Hall–Kier alpha value is -2.41. The molecule has 1 heterocycles. The molecule has 0 fully saturated rings. The second kappa shape index (κ2) is 6.24. The molecular weight excluding hydrogens is 290 g/mol. The summed E-state index contributed by atoms with van der Waals surface area (Å²) in [6.07, 6.45) is 2.03. The molecule has 3 aromatic rings. The lowest BCUT2D eigenvalue weighted by atomic mass is 9.86. The fourth-order valence-corrected chi connectivity index (χ4v) is 3.59. The maximum Gasteiger partial charge on any atom is 0.212 e.